The van der Waals surface area contributed by atoms with Gasteiger partial charge in [-0.1, -0.05) is 6.08 Å². The van der Waals surface area contributed by atoms with Crippen LogP contribution in [0.5, 0.6) is 0 Å². The summed E-state index contributed by atoms with van der Waals surface area (Å²) < 4.78 is 1.43. The van der Waals surface area contributed by atoms with Gasteiger partial charge in [-0.3, -0.25) is 0 Å². The molecule has 20 heavy (non-hydrogen) atoms. The highest BCUT2D eigenvalue weighted by atomic mass is 15.4. The summed E-state index contributed by atoms with van der Waals surface area (Å²) in [6, 6.07) is 3.84. The third-order valence-corrected chi connectivity index (χ3v) is 3.38. The standard InChI is InChI=1S/C14H14N6/c15-9-11-12(10-5-2-1-3-6-10)13(16)20(19-11)14-17-7-4-8-18-14/h4-5,7-8H,1-3,6,16H2. The summed E-state index contributed by atoms with van der Waals surface area (Å²) in [6.07, 6.45) is 9.63. The maximum atomic E-state index is 9.28. The monoisotopic (exact) mass is 266 g/mol. The Morgan fingerprint density at radius 1 is 1.25 bits per heavy atom. The molecule has 0 saturated carbocycles. The maximum Gasteiger partial charge on any atom is 0.252 e. The van der Waals surface area contributed by atoms with E-state index in [-0.39, 0.29) is 0 Å². The highest BCUT2D eigenvalue weighted by Gasteiger charge is 2.21. The Kier molecular flexibility index (Phi) is 3.17. The van der Waals surface area contributed by atoms with Gasteiger partial charge in [-0.05, 0) is 37.3 Å². The van der Waals surface area contributed by atoms with Crippen LogP contribution in [0.25, 0.3) is 11.5 Å². The minimum atomic E-state index is 0.336. The molecule has 0 fully saturated rings. The Hall–Kier alpha value is -2.68. The molecule has 1 aliphatic rings. The second-order valence-electron chi connectivity index (χ2n) is 4.66. The molecule has 0 amide bonds. The van der Waals surface area contributed by atoms with E-state index in [0.29, 0.717) is 17.5 Å². The number of allylic oxidation sites excluding steroid dienone is 2. The largest absolute Gasteiger partial charge is 0.383 e. The van der Waals surface area contributed by atoms with Gasteiger partial charge in [0.15, 0.2) is 5.69 Å². The van der Waals surface area contributed by atoms with Crippen molar-refractivity contribution in [3.63, 3.8) is 0 Å². The third-order valence-electron chi connectivity index (χ3n) is 3.38. The van der Waals surface area contributed by atoms with Crippen LogP contribution in [0.15, 0.2) is 24.5 Å². The van der Waals surface area contributed by atoms with E-state index in [1.807, 2.05) is 0 Å². The Morgan fingerprint density at radius 2 is 2.05 bits per heavy atom. The lowest BCUT2D eigenvalue weighted by Crippen LogP contribution is -2.06. The van der Waals surface area contributed by atoms with Crippen molar-refractivity contribution in [2.75, 3.05) is 5.73 Å². The van der Waals surface area contributed by atoms with Crippen LogP contribution in [0.4, 0.5) is 5.82 Å². The molecule has 0 aromatic carbocycles. The summed E-state index contributed by atoms with van der Waals surface area (Å²) in [6.45, 7) is 0. The first kappa shape index (κ1) is 12.4. The molecule has 1 aliphatic carbocycles. The molecule has 2 heterocycles. The van der Waals surface area contributed by atoms with Gasteiger partial charge in [0.1, 0.15) is 11.9 Å². The molecular formula is C14H14N6. The van der Waals surface area contributed by atoms with Crippen LogP contribution in [-0.4, -0.2) is 19.7 Å². The molecule has 0 saturated heterocycles. The summed E-state index contributed by atoms with van der Waals surface area (Å²) in [4.78, 5) is 8.25. The zero-order chi connectivity index (χ0) is 13.9. The van der Waals surface area contributed by atoms with E-state index in [1.165, 1.54) is 11.1 Å². The first-order valence-electron chi connectivity index (χ1n) is 6.56. The predicted molar refractivity (Wildman–Crippen MR) is 74.7 cm³/mol. The van der Waals surface area contributed by atoms with Crippen molar-refractivity contribution < 1.29 is 0 Å². The molecule has 0 unspecified atom stereocenters. The van der Waals surface area contributed by atoms with Gasteiger partial charge in [0.2, 0.25) is 0 Å². The lowest BCUT2D eigenvalue weighted by Gasteiger charge is -2.12. The molecule has 2 aromatic heterocycles. The minimum absolute atomic E-state index is 0.336. The van der Waals surface area contributed by atoms with Gasteiger partial charge in [-0.25, -0.2) is 9.97 Å². The molecular weight excluding hydrogens is 252 g/mol. The van der Waals surface area contributed by atoms with E-state index < -0.39 is 0 Å². The first-order chi connectivity index (χ1) is 9.81. The molecule has 0 atom stereocenters. The summed E-state index contributed by atoms with van der Waals surface area (Å²) >= 11 is 0. The SMILES string of the molecule is N#Cc1nn(-c2ncccn2)c(N)c1C1=CCCCC1. The molecule has 2 aromatic rings. The number of nitrogens with zero attached hydrogens (tertiary/aromatic N) is 5. The minimum Gasteiger partial charge on any atom is -0.383 e. The number of hydrogen-bond donors (Lipinski definition) is 1. The van der Waals surface area contributed by atoms with Gasteiger partial charge in [0, 0.05) is 12.4 Å². The van der Waals surface area contributed by atoms with E-state index >= 15 is 0 Å². The van der Waals surface area contributed by atoms with Gasteiger partial charge in [-0.2, -0.15) is 15.0 Å². The summed E-state index contributed by atoms with van der Waals surface area (Å²) in [7, 11) is 0. The topological polar surface area (TPSA) is 93.4 Å². The van der Waals surface area contributed by atoms with E-state index in [4.69, 9.17) is 5.73 Å². The van der Waals surface area contributed by atoms with Crippen LogP contribution < -0.4 is 5.73 Å². The normalized spacial score (nSPS) is 14.7. The number of rotatable bonds is 2. The number of aromatic nitrogens is 4. The summed E-state index contributed by atoms with van der Waals surface area (Å²) in [5.41, 5.74) is 8.35. The molecule has 6 heteroatoms. The van der Waals surface area contributed by atoms with E-state index in [2.05, 4.69) is 27.2 Å². The summed E-state index contributed by atoms with van der Waals surface area (Å²) in [5.74, 6) is 0.810. The number of nitrogen functional groups attached to an aromatic ring is 1. The number of nitrogens with two attached hydrogens (primary N) is 1. The highest BCUT2D eigenvalue weighted by molar-refractivity contribution is 5.78. The fourth-order valence-electron chi connectivity index (χ4n) is 2.44. The van der Waals surface area contributed by atoms with Crippen molar-refractivity contribution >= 4 is 11.4 Å². The van der Waals surface area contributed by atoms with Crippen molar-refractivity contribution in [1.82, 2.24) is 19.7 Å². The lowest BCUT2D eigenvalue weighted by atomic mass is 9.93. The molecule has 100 valence electrons. The Labute approximate surface area is 116 Å². The fourth-order valence-corrected chi connectivity index (χ4v) is 2.44. The van der Waals surface area contributed by atoms with Crippen LogP contribution in [0, 0.1) is 11.3 Å². The second-order valence-corrected chi connectivity index (χ2v) is 4.66. The van der Waals surface area contributed by atoms with Gasteiger partial charge < -0.3 is 5.73 Å². The van der Waals surface area contributed by atoms with Gasteiger partial charge >= 0.3 is 0 Å². The van der Waals surface area contributed by atoms with Gasteiger partial charge in [0.25, 0.3) is 5.95 Å². The average Bonchev–Trinajstić information content (AvgIpc) is 2.86. The highest BCUT2D eigenvalue weighted by Crippen LogP contribution is 2.33. The molecule has 3 rings (SSSR count). The predicted octanol–water partition coefficient (Wildman–Crippen LogP) is 2.07. The fraction of sp³-hybridized carbons (Fsp3) is 0.286. The average molecular weight is 266 g/mol. The van der Waals surface area contributed by atoms with Crippen molar-refractivity contribution in [3.05, 3.63) is 35.8 Å². The van der Waals surface area contributed by atoms with Crippen molar-refractivity contribution in [2.24, 2.45) is 0 Å². The van der Waals surface area contributed by atoms with Crippen LogP contribution in [-0.2, 0) is 0 Å². The van der Waals surface area contributed by atoms with E-state index in [1.54, 1.807) is 18.5 Å². The molecule has 0 radical (unpaired) electrons. The number of hydrogen-bond acceptors (Lipinski definition) is 5. The molecule has 6 nitrogen and oxygen atoms in total. The molecule has 2 N–H and O–H groups in total. The Bertz CT molecular complexity index is 692. The maximum absolute atomic E-state index is 9.28. The Balaban J connectivity index is 2.14. The van der Waals surface area contributed by atoms with E-state index in [0.717, 1.165) is 30.4 Å². The Morgan fingerprint density at radius 3 is 2.70 bits per heavy atom. The van der Waals surface area contributed by atoms with Gasteiger partial charge in [0.05, 0.1) is 5.56 Å². The van der Waals surface area contributed by atoms with Crippen LogP contribution in [0.3, 0.4) is 0 Å². The number of nitriles is 1. The first-order valence-corrected chi connectivity index (χ1v) is 6.56. The molecule has 0 bridgehead atoms. The zero-order valence-electron chi connectivity index (χ0n) is 11.0. The summed E-state index contributed by atoms with van der Waals surface area (Å²) in [5, 5.41) is 13.5. The zero-order valence-corrected chi connectivity index (χ0v) is 11.0. The van der Waals surface area contributed by atoms with Crippen LogP contribution in [0.1, 0.15) is 36.9 Å². The van der Waals surface area contributed by atoms with Gasteiger partial charge in [-0.15, -0.1) is 0 Å². The third kappa shape index (κ3) is 2.03. The smallest absolute Gasteiger partial charge is 0.252 e. The quantitative estimate of drug-likeness (QED) is 0.898. The van der Waals surface area contributed by atoms with Crippen LogP contribution in [0.2, 0.25) is 0 Å². The van der Waals surface area contributed by atoms with Crippen molar-refractivity contribution in [3.8, 4) is 12.0 Å². The van der Waals surface area contributed by atoms with Crippen molar-refractivity contribution in [1.29, 1.82) is 5.26 Å². The molecule has 0 aliphatic heterocycles. The van der Waals surface area contributed by atoms with E-state index in [9.17, 15) is 5.26 Å². The molecule has 0 spiro atoms. The van der Waals surface area contributed by atoms with Crippen molar-refractivity contribution in [2.45, 2.75) is 25.7 Å². The number of anilines is 1. The second kappa shape index (κ2) is 5.13. The van der Waals surface area contributed by atoms with Crippen LogP contribution >= 0.6 is 0 Å². The lowest BCUT2D eigenvalue weighted by molar-refractivity contribution is 0.742.